The van der Waals surface area contributed by atoms with Gasteiger partial charge in [0.05, 0.1) is 16.9 Å². The van der Waals surface area contributed by atoms with E-state index in [9.17, 15) is 0 Å². The number of anilines is 1. The molecule has 2 N–H and O–H groups in total. The summed E-state index contributed by atoms with van der Waals surface area (Å²) in [6.07, 6.45) is 2.41. The van der Waals surface area contributed by atoms with Crippen LogP contribution < -0.4 is 5.73 Å². The van der Waals surface area contributed by atoms with Crippen molar-refractivity contribution in [1.29, 1.82) is 0 Å². The van der Waals surface area contributed by atoms with Crippen molar-refractivity contribution >= 4 is 40.6 Å². The summed E-state index contributed by atoms with van der Waals surface area (Å²) in [5, 5.41) is 1.24. The summed E-state index contributed by atoms with van der Waals surface area (Å²) >= 11 is 8.77. The molecule has 0 aromatic carbocycles. The topological polar surface area (TPSA) is 64.7 Å². The van der Waals surface area contributed by atoms with Crippen LogP contribution in [0.2, 0.25) is 5.02 Å². The van der Waals surface area contributed by atoms with Crippen LogP contribution in [0.3, 0.4) is 0 Å². The van der Waals surface area contributed by atoms with E-state index in [1.165, 1.54) is 23.3 Å². The van der Waals surface area contributed by atoms with Gasteiger partial charge >= 0.3 is 0 Å². The first-order valence-corrected chi connectivity index (χ1v) is 6.57. The Morgan fingerprint density at radius 1 is 1.56 bits per heavy atom. The number of aryl methyl sites for hydroxylation is 1. The Hall–Kier alpha value is -0.850. The standard InChI is InChI=1S/C9H9ClN4S2/c1-2-7-13-9(16-14-7)15-8-6(10)3-5(11)4-12-8/h3-4H,2,11H2,1H3. The number of nitrogens with zero attached hydrogens (tertiary/aromatic N) is 3. The summed E-state index contributed by atoms with van der Waals surface area (Å²) < 4.78 is 5.04. The highest BCUT2D eigenvalue weighted by atomic mass is 35.5. The first-order chi connectivity index (χ1) is 7.69. The first kappa shape index (κ1) is 11.6. The molecule has 2 rings (SSSR count). The third kappa shape index (κ3) is 2.63. The fourth-order valence-electron chi connectivity index (χ4n) is 1.02. The van der Waals surface area contributed by atoms with Crippen LogP contribution in [0.15, 0.2) is 21.6 Å². The molecule has 0 unspecified atom stereocenters. The fourth-order valence-corrected chi connectivity index (χ4v) is 2.89. The van der Waals surface area contributed by atoms with E-state index in [1.807, 2.05) is 6.92 Å². The predicted octanol–water partition coefficient (Wildman–Crippen LogP) is 2.88. The highest BCUT2D eigenvalue weighted by molar-refractivity contribution is 8.01. The van der Waals surface area contributed by atoms with E-state index in [-0.39, 0.29) is 0 Å². The maximum atomic E-state index is 6.01. The number of nitrogen functional groups attached to an aromatic ring is 1. The lowest BCUT2D eigenvalue weighted by Crippen LogP contribution is -1.88. The molecule has 0 fully saturated rings. The molecule has 0 radical (unpaired) electrons. The summed E-state index contributed by atoms with van der Waals surface area (Å²) in [6, 6.07) is 1.68. The Balaban J connectivity index is 2.20. The average molecular weight is 273 g/mol. The third-order valence-corrected chi connectivity index (χ3v) is 3.99. The first-order valence-electron chi connectivity index (χ1n) is 4.60. The van der Waals surface area contributed by atoms with Crippen LogP contribution in [0.5, 0.6) is 0 Å². The van der Waals surface area contributed by atoms with Crippen molar-refractivity contribution in [3.8, 4) is 0 Å². The molecule has 84 valence electrons. The van der Waals surface area contributed by atoms with Gasteiger partial charge in [0.25, 0.3) is 0 Å². The zero-order valence-corrected chi connectivity index (χ0v) is 10.9. The van der Waals surface area contributed by atoms with Crippen LogP contribution in [-0.4, -0.2) is 14.3 Å². The minimum absolute atomic E-state index is 0.540. The lowest BCUT2D eigenvalue weighted by molar-refractivity contribution is 0.970. The second kappa shape index (κ2) is 4.99. The molecule has 0 spiro atoms. The van der Waals surface area contributed by atoms with Gasteiger partial charge in [0.2, 0.25) is 0 Å². The Labute approximate surface area is 106 Å². The molecule has 0 bridgehead atoms. The molecule has 7 heteroatoms. The molecule has 0 aliphatic carbocycles. The minimum atomic E-state index is 0.540. The molecule has 2 aromatic heterocycles. The molecule has 0 aliphatic heterocycles. The summed E-state index contributed by atoms with van der Waals surface area (Å²) in [6.45, 7) is 2.02. The molecule has 0 amide bonds. The van der Waals surface area contributed by atoms with Gasteiger partial charge in [-0.15, -0.1) is 0 Å². The smallest absolute Gasteiger partial charge is 0.176 e. The molecule has 16 heavy (non-hydrogen) atoms. The van der Waals surface area contributed by atoms with Crippen molar-refractivity contribution in [3.05, 3.63) is 23.1 Å². The molecular weight excluding hydrogens is 264 g/mol. The van der Waals surface area contributed by atoms with Crippen LogP contribution in [0.1, 0.15) is 12.7 Å². The Bertz CT molecular complexity index is 500. The molecule has 0 saturated heterocycles. The highest BCUT2D eigenvalue weighted by Crippen LogP contribution is 2.33. The quantitative estimate of drug-likeness (QED) is 0.931. The van der Waals surface area contributed by atoms with E-state index in [2.05, 4.69) is 14.3 Å². The zero-order chi connectivity index (χ0) is 11.5. The second-order valence-corrected chi connectivity index (χ2v) is 5.38. The Morgan fingerprint density at radius 3 is 3.00 bits per heavy atom. The van der Waals surface area contributed by atoms with Crippen molar-refractivity contribution < 1.29 is 0 Å². The monoisotopic (exact) mass is 272 g/mol. The van der Waals surface area contributed by atoms with Gasteiger partial charge in [-0.05, 0) is 29.4 Å². The van der Waals surface area contributed by atoms with Gasteiger partial charge in [-0.1, -0.05) is 18.5 Å². The van der Waals surface area contributed by atoms with Gasteiger partial charge in [-0.25, -0.2) is 9.97 Å². The molecule has 2 heterocycles. The Morgan fingerprint density at radius 2 is 2.38 bits per heavy atom. The summed E-state index contributed by atoms with van der Waals surface area (Å²) in [5.41, 5.74) is 6.12. The van der Waals surface area contributed by atoms with Crippen molar-refractivity contribution in [3.63, 3.8) is 0 Å². The van der Waals surface area contributed by atoms with Crippen molar-refractivity contribution in [1.82, 2.24) is 14.3 Å². The van der Waals surface area contributed by atoms with Gasteiger partial charge in [0, 0.05) is 6.42 Å². The number of halogens is 1. The van der Waals surface area contributed by atoms with Crippen molar-refractivity contribution in [2.24, 2.45) is 0 Å². The number of hydrogen-bond donors (Lipinski definition) is 1. The number of aromatic nitrogens is 3. The van der Waals surface area contributed by atoms with Crippen LogP contribution in [-0.2, 0) is 6.42 Å². The molecule has 0 atom stereocenters. The van der Waals surface area contributed by atoms with Gasteiger partial charge in [-0.3, -0.25) is 0 Å². The molecule has 0 saturated carbocycles. The Kier molecular flexibility index (Phi) is 3.63. The van der Waals surface area contributed by atoms with Gasteiger partial charge in [0.15, 0.2) is 4.34 Å². The van der Waals surface area contributed by atoms with Gasteiger partial charge < -0.3 is 5.73 Å². The maximum Gasteiger partial charge on any atom is 0.176 e. The molecular formula is C9H9ClN4S2. The van der Waals surface area contributed by atoms with E-state index < -0.39 is 0 Å². The normalized spacial score (nSPS) is 10.6. The highest BCUT2D eigenvalue weighted by Gasteiger charge is 2.09. The lowest BCUT2D eigenvalue weighted by atomic mass is 10.4. The number of nitrogens with two attached hydrogens (primary N) is 1. The van der Waals surface area contributed by atoms with E-state index in [4.69, 9.17) is 17.3 Å². The van der Waals surface area contributed by atoms with Crippen LogP contribution >= 0.6 is 34.9 Å². The van der Waals surface area contributed by atoms with Crippen molar-refractivity contribution in [2.75, 3.05) is 5.73 Å². The lowest BCUT2D eigenvalue weighted by Gasteiger charge is -2.00. The maximum absolute atomic E-state index is 6.01. The third-order valence-electron chi connectivity index (χ3n) is 1.78. The molecule has 4 nitrogen and oxygen atoms in total. The van der Waals surface area contributed by atoms with E-state index >= 15 is 0 Å². The zero-order valence-electron chi connectivity index (χ0n) is 8.48. The number of pyridine rings is 1. The average Bonchev–Trinajstić information content (AvgIpc) is 2.70. The number of rotatable bonds is 3. The second-order valence-electron chi connectivity index (χ2n) is 2.99. The minimum Gasteiger partial charge on any atom is -0.397 e. The molecule has 0 aliphatic rings. The fraction of sp³-hybridized carbons (Fsp3) is 0.222. The van der Waals surface area contributed by atoms with Crippen LogP contribution in [0, 0.1) is 0 Å². The predicted molar refractivity (Wildman–Crippen MR) is 67.1 cm³/mol. The van der Waals surface area contributed by atoms with Crippen LogP contribution in [0.25, 0.3) is 0 Å². The summed E-state index contributed by atoms with van der Waals surface area (Å²) in [4.78, 5) is 8.48. The van der Waals surface area contributed by atoms with Gasteiger partial charge in [0.1, 0.15) is 10.9 Å². The summed E-state index contributed by atoms with van der Waals surface area (Å²) in [7, 11) is 0. The van der Waals surface area contributed by atoms with E-state index in [1.54, 1.807) is 12.3 Å². The van der Waals surface area contributed by atoms with E-state index in [0.29, 0.717) is 15.7 Å². The van der Waals surface area contributed by atoms with Crippen LogP contribution in [0.4, 0.5) is 5.69 Å². The number of hydrogen-bond acceptors (Lipinski definition) is 6. The van der Waals surface area contributed by atoms with Gasteiger partial charge in [-0.2, -0.15) is 4.37 Å². The SMILES string of the molecule is CCc1nsc(Sc2ncc(N)cc2Cl)n1. The molecule has 2 aromatic rings. The largest absolute Gasteiger partial charge is 0.397 e. The van der Waals surface area contributed by atoms with Crippen molar-refractivity contribution in [2.45, 2.75) is 22.7 Å². The van der Waals surface area contributed by atoms with E-state index in [0.717, 1.165) is 16.6 Å². The summed E-state index contributed by atoms with van der Waals surface area (Å²) in [5.74, 6) is 0.846.